The Hall–Kier alpha value is -2.96. The highest BCUT2D eigenvalue weighted by atomic mass is 35.5. The summed E-state index contributed by atoms with van der Waals surface area (Å²) in [4.78, 5) is 31.0. The summed E-state index contributed by atoms with van der Waals surface area (Å²) in [5.74, 6) is -1.08. The van der Waals surface area contributed by atoms with Gasteiger partial charge in [-0.3, -0.25) is 4.79 Å². The van der Waals surface area contributed by atoms with E-state index in [1.54, 1.807) is 17.0 Å². The van der Waals surface area contributed by atoms with E-state index in [-0.39, 0.29) is 16.6 Å². The van der Waals surface area contributed by atoms with Crippen LogP contribution in [-0.2, 0) is 14.3 Å². The van der Waals surface area contributed by atoms with E-state index >= 15 is 0 Å². The van der Waals surface area contributed by atoms with Gasteiger partial charge < -0.3 is 39.8 Å². The van der Waals surface area contributed by atoms with E-state index in [1.807, 2.05) is 30.3 Å². The summed E-state index contributed by atoms with van der Waals surface area (Å²) in [5, 5.41) is 40.5. The maximum Gasteiger partial charge on any atom is 0.355 e. The Balaban J connectivity index is 1.46. The minimum Gasteiger partial charge on any atom is -0.458 e. The van der Waals surface area contributed by atoms with Gasteiger partial charge in [-0.25, -0.2) is 4.79 Å². The molecule has 200 valence electrons. The second-order valence-electron chi connectivity index (χ2n) is 9.07. The van der Waals surface area contributed by atoms with Crippen molar-refractivity contribution in [2.24, 2.45) is 0 Å². The molecule has 3 heterocycles. The van der Waals surface area contributed by atoms with E-state index in [0.717, 1.165) is 5.69 Å². The van der Waals surface area contributed by atoms with Crippen molar-refractivity contribution in [2.45, 2.75) is 37.1 Å². The number of rotatable bonds is 5. The monoisotopic (exact) mass is 562 g/mol. The molecule has 0 spiro atoms. The van der Waals surface area contributed by atoms with Crippen molar-refractivity contribution in [3.63, 3.8) is 0 Å². The molecule has 5 rings (SSSR count). The molecule has 0 radical (unpaired) electrons. The van der Waals surface area contributed by atoms with Crippen molar-refractivity contribution in [3.05, 3.63) is 69.3 Å². The van der Waals surface area contributed by atoms with E-state index in [9.17, 15) is 30.0 Å². The van der Waals surface area contributed by atoms with Crippen LogP contribution in [0, 0.1) is 0 Å². The fourth-order valence-electron chi connectivity index (χ4n) is 4.65. The number of nitrogens with zero attached hydrogens (tertiary/aromatic N) is 1. The van der Waals surface area contributed by atoms with Gasteiger partial charge >= 0.3 is 5.97 Å². The number of halogens is 2. The molecule has 1 amide bonds. The van der Waals surface area contributed by atoms with Gasteiger partial charge in [-0.15, -0.1) is 0 Å². The number of hydrogen-bond donors (Lipinski definition) is 5. The van der Waals surface area contributed by atoms with Crippen LogP contribution < -0.4 is 4.90 Å². The number of aliphatic hydroxyl groups excluding tert-OH is 4. The molecule has 2 saturated heterocycles. The Bertz CT molecular complexity index is 1410. The molecule has 2 aliphatic heterocycles. The van der Waals surface area contributed by atoms with Gasteiger partial charge in [-0.2, -0.15) is 0 Å². The lowest BCUT2D eigenvalue weighted by molar-refractivity contribution is -0.286. The summed E-state index contributed by atoms with van der Waals surface area (Å²) in [6, 6.07) is 12.3. The van der Waals surface area contributed by atoms with E-state index in [2.05, 4.69) is 4.98 Å². The molecule has 12 heteroatoms. The number of fused-ring (bicyclic) bond motifs is 1. The number of aromatic amines is 1. The highest BCUT2D eigenvalue weighted by Gasteiger charge is 2.43. The van der Waals surface area contributed by atoms with E-state index < -0.39 is 43.3 Å². The molecule has 5 atom stereocenters. The van der Waals surface area contributed by atoms with Gasteiger partial charge in [0, 0.05) is 39.3 Å². The molecule has 0 unspecified atom stereocenters. The third kappa shape index (κ3) is 4.92. The molecule has 38 heavy (non-hydrogen) atoms. The van der Waals surface area contributed by atoms with Crippen LogP contribution in [0.1, 0.15) is 22.5 Å². The first kappa shape index (κ1) is 26.6. The van der Waals surface area contributed by atoms with Crippen molar-refractivity contribution in [1.29, 1.82) is 0 Å². The summed E-state index contributed by atoms with van der Waals surface area (Å²) in [6.07, 6.45) is -6.07. The quantitative estimate of drug-likeness (QED) is 0.234. The van der Waals surface area contributed by atoms with Gasteiger partial charge in [0.1, 0.15) is 36.7 Å². The van der Waals surface area contributed by atoms with Crippen LogP contribution in [0.2, 0.25) is 10.0 Å². The Morgan fingerprint density at radius 1 is 1.11 bits per heavy atom. The molecule has 3 aromatic rings. The lowest BCUT2D eigenvalue weighted by atomic mass is 9.99. The predicted octanol–water partition coefficient (Wildman–Crippen LogP) is 2.25. The van der Waals surface area contributed by atoms with Gasteiger partial charge in [0.05, 0.1) is 5.02 Å². The number of anilines is 1. The molecule has 2 fully saturated rings. The van der Waals surface area contributed by atoms with Crippen molar-refractivity contribution >= 4 is 57.7 Å². The molecule has 10 nitrogen and oxygen atoms in total. The van der Waals surface area contributed by atoms with Gasteiger partial charge in [0.2, 0.25) is 0 Å². The fourth-order valence-corrected chi connectivity index (χ4v) is 5.25. The van der Waals surface area contributed by atoms with Crippen LogP contribution >= 0.6 is 23.2 Å². The van der Waals surface area contributed by atoms with E-state index in [0.29, 0.717) is 40.0 Å². The second kappa shape index (κ2) is 10.7. The van der Waals surface area contributed by atoms with Crippen LogP contribution in [0.4, 0.5) is 5.69 Å². The molecule has 0 bridgehead atoms. The maximum atomic E-state index is 13.2. The summed E-state index contributed by atoms with van der Waals surface area (Å²) < 4.78 is 10.4. The average Bonchev–Trinajstić information content (AvgIpc) is 3.45. The topological polar surface area (TPSA) is 153 Å². The predicted molar refractivity (Wildman–Crippen MR) is 139 cm³/mol. The van der Waals surface area contributed by atoms with Gasteiger partial charge in [0.25, 0.3) is 5.91 Å². The number of benzene rings is 2. The number of carbonyl (C=O) groups is 2. The first-order valence-electron chi connectivity index (χ1n) is 11.8. The van der Waals surface area contributed by atoms with Crippen molar-refractivity contribution in [3.8, 4) is 0 Å². The van der Waals surface area contributed by atoms with E-state index in [1.165, 1.54) is 6.07 Å². The van der Waals surface area contributed by atoms with Crippen LogP contribution in [-0.4, -0.2) is 81.1 Å². The Morgan fingerprint density at radius 2 is 1.84 bits per heavy atom. The van der Waals surface area contributed by atoms with Crippen molar-refractivity contribution in [1.82, 2.24) is 4.98 Å². The summed E-state index contributed by atoms with van der Waals surface area (Å²) >= 11 is 12.6. The third-order valence-electron chi connectivity index (χ3n) is 6.63. The number of para-hydroxylation sites is 1. The minimum absolute atomic E-state index is 0.0194. The molecular weight excluding hydrogens is 539 g/mol. The first-order chi connectivity index (χ1) is 18.2. The number of ether oxygens (including phenoxy) is 2. The van der Waals surface area contributed by atoms with Crippen molar-refractivity contribution in [2.75, 3.05) is 18.1 Å². The van der Waals surface area contributed by atoms with Gasteiger partial charge in [-0.05, 0) is 36.8 Å². The Morgan fingerprint density at radius 3 is 2.58 bits per heavy atom. The smallest absolute Gasteiger partial charge is 0.355 e. The summed E-state index contributed by atoms with van der Waals surface area (Å²) in [7, 11) is 0. The number of aromatic nitrogens is 1. The zero-order valence-electron chi connectivity index (χ0n) is 19.8. The molecule has 2 aliphatic rings. The number of esters is 1. The van der Waals surface area contributed by atoms with Crippen LogP contribution in [0.3, 0.4) is 0 Å². The number of amides is 1. The summed E-state index contributed by atoms with van der Waals surface area (Å²) in [5.41, 5.74) is 1.96. The molecule has 1 aromatic heterocycles. The highest BCUT2D eigenvalue weighted by Crippen LogP contribution is 2.36. The SMILES string of the molecule is O=C(OC[C@H]1O[C@H](O)[C@@H](O)[C@@H](O)[C@@H]1O)c1[nH]c2cc(Cl)cc(Cl)c2c1/C=C1\CCN(c2ccccc2)C1=O. The lowest BCUT2D eigenvalue weighted by Gasteiger charge is -2.37. The zero-order valence-corrected chi connectivity index (χ0v) is 21.3. The highest BCUT2D eigenvalue weighted by molar-refractivity contribution is 6.39. The standard InChI is InChI=1S/C26H24Cl2N2O8/c27-13-9-16(28)19-15(8-12-6-7-30(24(12)34)14-4-2-1-3-5-14)20(29-17(19)10-13)25(35)37-11-18-21(31)22(32)23(33)26(36)38-18/h1-5,8-10,18,21-23,26,29,31-33,36H,6-7,11H2/b12-8+/t18-,21-,22+,23+,26+/m1/s1. The van der Waals surface area contributed by atoms with Crippen LogP contribution in [0.25, 0.3) is 17.0 Å². The molecule has 5 N–H and O–H groups in total. The fraction of sp³-hybridized carbons (Fsp3) is 0.308. The number of hydrogen-bond acceptors (Lipinski definition) is 8. The largest absolute Gasteiger partial charge is 0.458 e. The summed E-state index contributed by atoms with van der Waals surface area (Å²) in [6.45, 7) is -0.0782. The molecule has 0 saturated carbocycles. The Kier molecular flexibility index (Phi) is 7.47. The Labute approximate surface area is 226 Å². The van der Waals surface area contributed by atoms with Gasteiger partial charge in [-0.1, -0.05) is 41.4 Å². The van der Waals surface area contributed by atoms with Crippen molar-refractivity contribution < 1.29 is 39.5 Å². The van der Waals surface area contributed by atoms with E-state index in [4.69, 9.17) is 32.7 Å². The number of carbonyl (C=O) groups excluding carboxylic acids is 2. The number of aliphatic hydroxyl groups is 4. The zero-order chi connectivity index (χ0) is 27.1. The minimum atomic E-state index is -1.77. The maximum absolute atomic E-state index is 13.2. The molecular formula is C26H24Cl2N2O8. The van der Waals surface area contributed by atoms with Crippen LogP contribution in [0.15, 0.2) is 48.0 Å². The third-order valence-corrected chi connectivity index (χ3v) is 7.15. The molecule has 2 aromatic carbocycles. The number of nitrogens with one attached hydrogen (secondary N) is 1. The lowest BCUT2D eigenvalue weighted by Crippen LogP contribution is -2.58. The first-order valence-corrected chi connectivity index (χ1v) is 12.5. The average molecular weight is 563 g/mol. The normalized spacial score (nSPS) is 26.9. The number of H-pyrrole nitrogens is 1. The van der Waals surface area contributed by atoms with Gasteiger partial charge in [0.15, 0.2) is 6.29 Å². The molecule has 0 aliphatic carbocycles. The second-order valence-corrected chi connectivity index (χ2v) is 9.91. The van der Waals surface area contributed by atoms with Crippen LogP contribution in [0.5, 0.6) is 0 Å².